The minimum Gasteiger partial charge on any atom is -0.352 e. The zero-order chi connectivity index (χ0) is 18.8. The molecule has 0 radical (unpaired) electrons. The van der Waals surface area contributed by atoms with Crippen molar-refractivity contribution in [3.05, 3.63) is 46.1 Å². The van der Waals surface area contributed by atoms with Gasteiger partial charge in [0, 0.05) is 44.5 Å². The van der Waals surface area contributed by atoms with E-state index in [0.29, 0.717) is 12.4 Å². The van der Waals surface area contributed by atoms with Crippen molar-refractivity contribution in [2.24, 2.45) is 0 Å². The predicted molar refractivity (Wildman–Crippen MR) is 104 cm³/mol. The number of aromatic nitrogens is 6. The summed E-state index contributed by atoms with van der Waals surface area (Å²) in [7, 11) is 0. The fraction of sp³-hybridized carbons (Fsp3) is 0.471. The molecule has 0 unspecified atom stereocenters. The molecule has 1 aliphatic rings. The molecule has 142 valence electrons. The second-order valence-electron chi connectivity index (χ2n) is 6.69. The molecule has 4 rings (SSSR count). The van der Waals surface area contributed by atoms with E-state index in [4.69, 9.17) is 0 Å². The Morgan fingerprint density at radius 2 is 1.85 bits per heavy atom. The van der Waals surface area contributed by atoms with Crippen molar-refractivity contribution >= 4 is 17.5 Å². The van der Waals surface area contributed by atoms with Crippen molar-refractivity contribution in [3.63, 3.8) is 0 Å². The van der Waals surface area contributed by atoms with Crippen LogP contribution >= 0.6 is 11.7 Å². The van der Waals surface area contributed by atoms with Gasteiger partial charge < -0.3 is 4.90 Å². The molecule has 1 saturated heterocycles. The first kappa shape index (κ1) is 17.8. The van der Waals surface area contributed by atoms with Crippen LogP contribution in [0.25, 0.3) is 5.82 Å². The molecule has 9 nitrogen and oxygen atoms in total. The van der Waals surface area contributed by atoms with Gasteiger partial charge in [-0.1, -0.05) is 0 Å². The Hall–Kier alpha value is -2.59. The summed E-state index contributed by atoms with van der Waals surface area (Å²) < 4.78 is 11.7. The van der Waals surface area contributed by atoms with E-state index < -0.39 is 0 Å². The maximum atomic E-state index is 12.2. The van der Waals surface area contributed by atoms with Gasteiger partial charge >= 0.3 is 0 Å². The summed E-state index contributed by atoms with van der Waals surface area (Å²) in [6.45, 7) is 8.97. The fourth-order valence-electron chi connectivity index (χ4n) is 3.31. The number of nitrogens with zero attached hydrogens (tertiary/aromatic N) is 8. The standard InChI is InChI=1S/C17H22N8OS/c1-13-11-14(2)25(19-13)15-3-4-17(26)24(20-15)10-7-22-5-8-23(9-6-22)16-12-18-27-21-16/h3-4,11-12H,5-10H2,1-2H3. The lowest BCUT2D eigenvalue weighted by Gasteiger charge is -2.34. The van der Waals surface area contributed by atoms with Crippen LogP contribution in [0.3, 0.4) is 0 Å². The van der Waals surface area contributed by atoms with Crippen molar-refractivity contribution in [1.29, 1.82) is 0 Å². The van der Waals surface area contributed by atoms with Gasteiger partial charge in [0.1, 0.15) is 0 Å². The molecule has 0 saturated carbocycles. The average Bonchev–Trinajstić information content (AvgIpc) is 3.31. The maximum absolute atomic E-state index is 12.2. The van der Waals surface area contributed by atoms with E-state index >= 15 is 0 Å². The second-order valence-corrected chi connectivity index (χ2v) is 7.24. The SMILES string of the molecule is Cc1cc(C)n(-c2ccc(=O)n(CCN3CCN(c4cnsn4)CC3)n2)n1. The molecule has 1 fully saturated rings. The summed E-state index contributed by atoms with van der Waals surface area (Å²) >= 11 is 1.24. The maximum Gasteiger partial charge on any atom is 0.266 e. The number of rotatable bonds is 5. The minimum atomic E-state index is -0.0903. The first-order valence-electron chi connectivity index (χ1n) is 8.97. The molecule has 4 heterocycles. The number of hydrogen-bond donors (Lipinski definition) is 0. The zero-order valence-electron chi connectivity index (χ0n) is 15.4. The van der Waals surface area contributed by atoms with E-state index in [1.54, 1.807) is 16.8 Å². The first-order chi connectivity index (χ1) is 13.1. The molecule has 0 atom stereocenters. The average molecular weight is 386 g/mol. The van der Waals surface area contributed by atoms with E-state index in [9.17, 15) is 4.79 Å². The third kappa shape index (κ3) is 3.91. The largest absolute Gasteiger partial charge is 0.352 e. The third-order valence-corrected chi connectivity index (χ3v) is 5.22. The number of hydrogen-bond acceptors (Lipinski definition) is 8. The molecule has 1 aliphatic heterocycles. The van der Waals surface area contributed by atoms with Gasteiger partial charge in [-0.15, -0.1) is 5.10 Å². The molecule has 0 N–H and O–H groups in total. The van der Waals surface area contributed by atoms with Crippen LogP contribution in [0, 0.1) is 13.8 Å². The Morgan fingerprint density at radius 1 is 1.04 bits per heavy atom. The lowest BCUT2D eigenvalue weighted by Crippen LogP contribution is -2.47. The van der Waals surface area contributed by atoms with Gasteiger partial charge in [0.05, 0.1) is 30.2 Å². The van der Waals surface area contributed by atoms with Crippen LogP contribution in [0.4, 0.5) is 5.82 Å². The van der Waals surface area contributed by atoms with Gasteiger partial charge in [0.15, 0.2) is 11.6 Å². The quantitative estimate of drug-likeness (QED) is 0.639. The molecule has 3 aromatic heterocycles. The number of piperazine rings is 1. The van der Waals surface area contributed by atoms with Crippen molar-refractivity contribution in [3.8, 4) is 5.82 Å². The van der Waals surface area contributed by atoms with Gasteiger partial charge in [-0.25, -0.2) is 9.36 Å². The third-order valence-electron chi connectivity index (χ3n) is 4.75. The number of anilines is 1. The van der Waals surface area contributed by atoms with E-state index in [2.05, 4.69) is 28.7 Å². The lowest BCUT2D eigenvalue weighted by molar-refractivity contribution is 0.242. The fourth-order valence-corrected chi connectivity index (χ4v) is 3.74. The summed E-state index contributed by atoms with van der Waals surface area (Å²) in [5.74, 6) is 1.62. The summed E-state index contributed by atoms with van der Waals surface area (Å²) in [4.78, 5) is 16.8. The van der Waals surface area contributed by atoms with E-state index in [0.717, 1.165) is 49.9 Å². The van der Waals surface area contributed by atoms with Crippen LogP contribution in [0.5, 0.6) is 0 Å². The lowest BCUT2D eigenvalue weighted by atomic mass is 10.3. The van der Waals surface area contributed by atoms with Crippen molar-refractivity contribution < 1.29 is 0 Å². The predicted octanol–water partition coefficient (Wildman–Crippen LogP) is 0.720. The zero-order valence-corrected chi connectivity index (χ0v) is 16.3. The highest BCUT2D eigenvalue weighted by atomic mass is 32.1. The molecule has 0 aliphatic carbocycles. The molecular formula is C17H22N8OS. The molecular weight excluding hydrogens is 364 g/mol. The molecule has 3 aromatic rings. The van der Waals surface area contributed by atoms with Gasteiger partial charge in [0.2, 0.25) is 0 Å². The number of aryl methyl sites for hydroxylation is 2. The Labute approximate surface area is 161 Å². The van der Waals surface area contributed by atoms with Crippen molar-refractivity contribution in [1.82, 2.24) is 33.2 Å². The van der Waals surface area contributed by atoms with Crippen LogP contribution < -0.4 is 10.5 Å². The van der Waals surface area contributed by atoms with Gasteiger partial charge in [-0.3, -0.25) is 9.69 Å². The molecule has 0 bridgehead atoms. The smallest absolute Gasteiger partial charge is 0.266 e. The van der Waals surface area contributed by atoms with Crippen LogP contribution in [-0.4, -0.2) is 65.9 Å². The molecule has 10 heteroatoms. The Morgan fingerprint density at radius 3 is 2.52 bits per heavy atom. The summed E-state index contributed by atoms with van der Waals surface area (Å²) in [5.41, 5.74) is 1.84. The van der Waals surface area contributed by atoms with Crippen LogP contribution in [-0.2, 0) is 6.54 Å². The summed E-state index contributed by atoms with van der Waals surface area (Å²) in [6.07, 6.45) is 1.81. The molecule has 0 amide bonds. The van der Waals surface area contributed by atoms with Crippen LogP contribution in [0.15, 0.2) is 29.2 Å². The monoisotopic (exact) mass is 386 g/mol. The van der Waals surface area contributed by atoms with Gasteiger partial charge in [-0.2, -0.15) is 13.8 Å². The van der Waals surface area contributed by atoms with Crippen LogP contribution in [0.1, 0.15) is 11.4 Å². The van der Waals surface area contributed by atoms with Crippen molar-refractivity contribution in [2.75, 3.05) is 37.6 Å². The normalized spacial score (nSPS) is 15.4. The van der Waals surface area contributed by atoms with E-state index in [-0.39, 0.29) is 5.56 Å². The Balaban J connectivity index is 1.39. The molecule has 0 spiro atoms. The molecule has 0 aromatic carbocycles. The highest BCUT2D eigenvalue weighted by Crippen LogP contribution is 2.13. The highest BCUT2D eigenvalue weighted by molar-refractivity contribution is 6.99. The second kappa shape index (κ2) is 7.57. The Kier molecular flexibility index (Phi) is 4.99. The van der Waals surface area contributed by atoms with Crippen LogP contribution in [0.2, 0.25) is 0 Å². The molecule has 27 heavy (non-hydrogen) atoms. The van der Waals surface area contributed by atoms with Crippen molar-refractivity contribution in [2.45, 2.75) is 20.4 Å². The Bertz CT molecular complexity index is 956. The first-order valence-corrected chi connectivity index (χ1v) is 9.70. The summed E-state index contributed by atoms with van der Waals surface area (Å²) in [6, 6.07) is 5.28. The summed E-state index contributed by atoms with van der Waals surface area (Å²) in [5, 5.41) is 8.95. The highest BCUT2D eigenvalue weighted by Gasteiger charge is 2.18. The van der Waals surface area contributed by atoms with Gasteiger partial charge in [0.25, 0.3) is 5.56 Å². The van der Waals surface area contributed by atoms with E-state index in [1.807, 2.05) is 26.1 Å². The van der Waals surface area contributed by atoms with E-state index in [1.165, 1.54) is 16.4 Å². The minimum absolute atomic E-state index is 0.0903. The topological polar surface area (TPSA) is 85.0 Å². The van der Waals surface area contributed by atoms with Gasteiger partial charge in [-0.05, 0) is 26.0 Å².